The van der Waals surface area contributed by atoms with Gasteiger partial charge in [0.1, 0.15) is 5.76 Å². The standard InChI is InChI=1S/C19H20F3NO2/c1-3-24-9-8-13-6-7-16(19(20,21)22)10-15(13)11-17-12(2)23-25-18(17)14-4-5-14/h6-10,14H,3-5,11H2,1-2H3. The van der Waals surface area contributed by atoms with Crippen LogP contribution in [0.25, 0.3) is 6.08 Å². The van der Waals surface area contributed by atoms with Gasteiger partial charge in [-0.15, -0.1) is 0 Å². The van der Waals surface area contributed by atoms with Crippen molar-refractivity contribution in [1.29, 1.82) is 0 Å². The average Bonchev–Trinajstić information content (AvgIpc) is 3.33. The SMILES string of the molecule is CCOC=Cc1ccc(C(F)(F)F)cc1Cc1c(C)noc1C1CC1. The Morgan fingerprint density at radius 2 is 2.08 bits per heavy atom. The van der Waals surface area contributed by atoms with E-state index in [2.05, 4.69) is 5.16 Å². The van der Waals surface area contributed by atoms with E-state index in [9.17, 15) is 13.2 Å². The van der Waals surface area contributed by atoms with Crippen molar-refractivity contribution in [1.82, 2.24) is 5.16 Å². The molecule has 0 bridgehead atoms. The zero-order chi connectivity index (χ0) is 18.0. The summed E-state index contributed by atoms with van der Waals surface area (Å²) in [5, 5.41) is 4.01. The van der Waals surface area contributed by atoms with Crippen LogP contribution in [0.1, 0.15) is 59.4 Å². The highest BCUT2D eigenvalue weighted by molar-refractivity contribution is 5.56. The van der Waals surface area contributed by atoms with Gasteiger partial charge in [-0.05, 0) is 56.0 Å². The number of hydrogen-bond donors (Lipinski definition) is 0. The van der Waals surface area contributed by atoms with Crippen molar-refractivity contribution in [2.75, 3.05) is 6.61 Å². The molecule has 0 atom stereocenters. The fourth-order valence-electron chi connectivity index (χ4n) is 2.79. The Morgan fingerprint density at radius 3 is 2.72 bits per heavy atom. The lowest BCUT2D eigenvalue weighted by molar-refractivity contribution is -0.137. The maximum absolute atomic E-state index is 13.1. The van der Waals surface area contributed by atoms with Crippen LogP contribution in [0.15, 0.2) is 29.0 Å². The molecule has 0 amide bonds. The van der Waals surface area contributed by atoms with Gasteiger partial charge >= 0.3 is 6.18 Å². The van der Waals surface area contributed by atoms with Gasteiger partial charge in [0.05, 0.1) is 24.1 Å². The van der Waals surface area contributed by atoms with E-state index >= 15 is 0 Å². The predicted molar refractivity (Wildman–Crippen MR) is 88.1 cm³/mol. The first-order valence-electron chi connectivity index (χ1n) is 8.33. The van der Waals surface area contributed by atoms with Crippen LogP contribution in [-0.4, -0.2) is 11.8 Å². The first-order valence-corrected chi connectivity index (χ1v) is 8.33. The Hall–Kier alpha value is -2.24. The Morgan fingerprint density at radius 1 is 1.32 bits per heavy atom. The predicted octanol–water partition coefficient (Wildman–Crippen LogP) is 5.48. The number of ether oxygens (including phenoxy) is 1. The Labute approximate surface area is 144 Å². The second-order valence-corrected chi connectivity index (χ2v) is 6.23. The van der Waals surface area contributed by atoms with Crippen molar-refractivity contribution < 1.29 is 22.4 Å². The fourth-order valence-corrected chi connectivity index (χ4v) is 2.79. The summed E-state index contributed by atoms with van der Waals surface area (Å²) in [6.07, 6.45) is 1.27. The number of aryl methyl sites for hydroxylation is 1. The molecule has 134 valence electrons. The van der Waals surface area contributed by atoms with Gasteiger partial charge in [0.25, 0.3) is 0 Å². The number of halogens is 3. The summed E-state index contributed by atoms with van der Waals surface area (Å²) in [4.78, 5) is 0. The Bertz CT molecular complexity index is 773. The minimum absolute atomic E-state index is 0.351. The van der Waals surface area contributed by atoms with Gasteiger partial charge in [-0.2, -0.15) is 13.2 Å². The first kappa shape index (κ1) is 17.6. The number of alkyl halides is 3. The molecule has 2 aromatic rings. The van der Waals surface area contributed by atoms with Crippen LogP contribution in [0, 0.1) is 6.92 Å². The molecule has 0 aliphatic heterocycles. The normalized spacial score (nSPS) is 15.1. The molecule has 1 fully saturated rings. The van der Waals surface area contributed by atoms with E-state index in [0.29, 0.717) is 30.1 Å². The molecule has 3 rings (SSSR count). The average molecular weight is 351 g/mol. The van der Waals surface area contributed by atoms with Gasteiger partial charge in [0.15, 0.2) is 0 Å². The number of aromatic nitrogens is 1. The van der Waals surface area contributed by atoms with Crippen LogP contribution in [0.2, 0.25) is 0 Å². The quantitative estimate of drug-likeness (QED) is 0.647. The third-order valence-corrected chi connectivity index (χ3v) is 4.31. The molecular formula is C19H20F3NO2. The van der Waals surface area contributed by atoms with Gasteiger partial charge in [-0.3, -0.25) is 0 Å². The van der Waals surface area contributed by atoms with Gasteiger partial charge < -0.3 is 9.26 Å². The van der Waals surface area contributed by atoms with Crippen molar-refractivity contribution in [3.8, 4) is 0 Å². The van der Waals surface area contributed by atoms with Gasteiger partial charge in [-0.1, -0.05) is 11.2 Å². The highest BCUT2D eigenvalue weighted by atomic mass is 19.4. The Balaban J connectivity index is 1.98. The van der Waals surface area contributed by atoms with Gasteiger partial charge in [0, 0.05) is 17.9 Å². The van der Waals surface area contributed by atoms with Crippen LogP contribution >= 0.6 is 0 Å². The van der Waals surface area contributed by atoms with Crippen LogP contribution < -0.4 is 0 Å². The number of benzene rings is 1. The van der Waals surface area contributed by atoms with Crippen LogP contribution in [0.4, 0.5) is 13.2 Å². The minimum atomic E-state index is -4.38. The maximum Gasteiger partial charge on any atom is 0.416 e. The van der Waals surface area contributed by atoms with E-state index in [4.69, 9.17) is 9.26 Å². The summed E-state index contributed by atoms with van der Waals surface area (Å²) < 4.78 is 49.9. The van der Waals surface area contributed by atoms with Gasteiger partial charge in [0.2, 0.25) is 0 Å². The monoisotopic (exact) mass is 351 g/mol. The molecule has 1 aromatic heterocycles. The zero-order valence-electron chi connectivity index (χ0n) is 14.2. The van der Waals surface area contributed by atoms with Crippen LogP contribution in [-0.2, 0) is 17.3 Å². The van der Waals surface area contributed by atoms with Crippen molar-refractivity contribution >= 4 is 6.08 Å². The van der Waals surface area contributed by atoms with Crippen molar-refractivity contribution in [3.05, 3.63) is 58.2 Å². The molecule has 0 radical (unpaired) electrons. The van der Waals surface area contributed by atoms with Crippen molar-refractivity contribution in [3.63, 3.8) is 0 Å². The fraction of sp³-hybridized carbons (Fsp3) is 0.421. The molecule has 3 nitrogen and oxygen atoms in total. The lowest BCUT2D eigenvalue weighted by atomic mass is 9.95. The zero-order valence-corrected chi connectivity index (χ0v) is 14.2. The molecule has 1 aromatic carbocycles. The summed E-state index contributed by atoms with van der Waals surface area (Å²) in [6.45, 7) is 4.18. The molecule has 1 heterocycles. The van der Waals surface area contributed by atoms with Crippen LogP contribution in [0.5, 0.6) is 0 Å². The van der Waals surface area contributed by atoms with Crippen molar-refractivity contribution in [2.24, 2.45) is 0 Å². The topological polar surface area (TPSA) is 35.3 Å². The lowest BCUT2D eigenvalue weighted by Crippen LogP contribution is -2.07. The molecule has 1 aliphatic carbocycles. The summed E-state index contributed by atoms with van der Waals surface area (Å²) in [7, 11) is 0. The van der Waals surface area contributed by atoms with E-state index < -0.39 is 11.7 Å². The number of hydrogen-bond acceptors (Lipinski definition) is 3. The smallest absolute Gasteiger partial charge is 0.416 e. The van der Waals surface area contributed by atoms with Crippen LogP contribution in [0.3, 0.4) is 0 Å². The third-order valence-electron chi connectivity index (χ3n) is 4.31. The highest BCUT2D eigenvalue weighted by Gasteiger charge is 2.33. The molecule has 0 spiro atoms. The number of rotatable bonds is 6. The third kappa shape index (κ3) is 4.06. The summed E-state index contributed by atoms with van der Waals surface area (Å²) in [5.41, 5.74) is 2.26. The summed E-state index contributed by atoms with van der Waals surface area (Å²) in [5.74, 6) is 1.17. The van der Waals surface area contributed by atoms with Gasteiger partial charge in [-0.25, -0.2) is 0 Å². The first-order chi connectivity index (χ1) is 11.9. The lowest BCUT2D eigenvalue weighted by Gasteiger charge is -2.12. The molecule has 0 N–H and O–H groups in total. The van der Waals surface area contributed by atoms with Crippen molar-refractivity contribution in [2.45, 2.75) is 45.2 Å². The van der Waals surface area contributed by atoms with E-state index in [1.807, 2.05) is 13.8 Å². The van der Waals surface area contributed by atoms with E-state index in [1.165, 1.54) is 18.4 Å². The van der Waals surface area contributed by atoms with E-state index in [1.54, 1.807) is 6.08 Å². The summed E-state index contributed by atoms with van der Waals surface area (Å²) in [6, 6.07) is 3.78. The molecule has 25 heavy (non-hydrogen) atoms. The van der Waals surface area contributed by atoms with E-state index in [0.717, 1.165) is 35.9 Å². The molecule has 0 saturated heterocycles. The highest BCUT2D eigenvalue weighted by Crippen LogP contribution is 2.43. The molecule has 1 saturated carbocycles. The Kier molecular flexibility index (Phi) is 4.88. The number of nitrogens with zero attached hydrogens (tertiary/aromatic N) is 1. The minimum Gasteiger partial charge on any atom is -0.501 e. The molecule has 6 heteroatoms. The maximum atomic E-state index is 13.1. The molecular weight excluding hydrogens is 331 g/mol. The molecule has 0 unspecified atom stereocenters. The second kappa shape index (κ2) is 6.94. The van der Waals surface area contributed by atoms with E-state index in [-0.39, 0.29) is 0 Å². The largest absolute Gasteiger partial charge is 0.501 e. The second-order valence-electron chi connectivity index (χ2n) is 6.23. The summed E-state index contributed by atoms with van der Waals surface area (Å²) >= 11 is 0. The molecule has 1 aliphatic rings.